The largest absolute Gasteiger partial charge is 0.329 e. The van der Waals surface area contributed by atoms with Gasteiger partial charge in [-0.1, -0.05) is 25.1 Å². The molecule has 0 spiro atoms. The first-order valence-electron chi connectivity index (χ1n) is 7.04. The van der Waals surface area contributed by atoms with Crippen molar-refractivity contribution in [1.82, 2.24) is 14.5 Å². The van der Waals surface area contributed by atoms with Crippen LogP contribution in [0.15, 0.2) is 42.9 Å². The van der Waals surface area contributed by atoms with Gasteiger partial charge in [-0.2, -0.15) is 8.78 Å². The van der Waals surface area contributed by atoms with Crippen LogP contribution in [0.5, 0.6) is 0 Å². The second kappa shape index (κ2) is 5.71. The number of aryl methyl sites for hydroxylation is 1. The van der Waals surface area contributed by atoms with Gasteiger partial charge in [-0.25, -0.2) is 9.97 Å². The summed E-state index contributed by atoms with van der Waals surface area (Å²) in [6.07, 6.45) is 3.55. The number of benzene rings is 1. The summed E-state index contributed by atoms with van der Waals surface area (Å²) in [4.78, 5) is 10.2. The van der Waals surface area contributed by atoms with Gasteiger partial charge in [0, 0.05) is 18.8 Å². The Hall–Kier alpha value is -2.50. The number of halogens is 2. The Kier molecular flexibility index (Phi) is 3.75. The quantitative estimate of drug-likeness (QED) is 0.726. The third-order valence-electron chi connectivity index (χ3n) is 3.73. The fourth-order valence-corrected chi connectivity index (χ4v) is 2.52. The zero-order valence-electron chi connectivity index (χ0n) is 12.4. The SMILES string of the molecule is CCc1ccccc1N(C)c1cc2c(cn1)ncn2C(F)F. The van der Waals surface area contributed by atoms with E-state index in [4.69, 9.17) is 0 Å². The van der Waals surface area contributed by atoms with Crippen LogP contribution in [0, 0.1) is 0 Å². The molecule has 2 aromatic heterocycles. The van der Waals surface area contributed by atoms with Crippen molar-refractivity contribution >= 4 is 22.5 Å². The normalized spacial score (nSPS) is 11.3. The predicted molar refractivity (Wildman–Crippen MR) is 82.7 cm³/mol. The smallest absolute Gasteiger partial charge is 0.320 e. The van der Waals surface area contributed by atoms with Gasteiger partial charge in [0.2, 0.25) is 0 Å². The van der Waals surface area contributed by atoms with E-state index in [2.05, 4.69) is 16.9 Å². The van der Waals surface area contributed by atoms with E-state index < -0.39 is 6.55 Å². The molecule has 0 aliphatic carbocycles. The molecule has 4 nitrogen and oxygen atoms in total. The number of imidazole rings is 1. The molecule has 0 aliphatic heterocycles. The number of para-hydroxylation sites is 1. The molecule has 0 bridgehead atoms. The first-order valence-corrected chi connectivity index (χ1v) is 7.04. The van der Waals surface area contributed by atoms with Gasteiger partial charge < -0.3 is 4.90 Å². The van der Waals surface area contributed by atoms with E-state index in [1.165, 1.54) is 11.8 Å². The van der Waals surface area contributed by atoms with E-state index in [-0.39, 0.29) is 0 Å². The molecule has 3 rings (SSSR count). The number of pyridine rings is 1. The van der Waals surface area contributed by atoms with Crippen molar-refractivity contribution in [1.29, 1.82) is 0 Å². The molecule has 114 valence electrons. The molecule has 2 heterocycles. The molecule has 0 saturated carbocycles. The molecule has 6 heteroatoms. The van der Waals surface area contributed by atoms with E-state index in [9.17, 15) is 8.78 Å². The Labute approximate surface area is 127 Å². The minimum absolute atomic E-state index is 0.376. The van der Waals surface area contributed by atoms with Gasteiger partial charge in [0.15, 0.2) is 0 Å². The lowest BCUT2D eigenvalue weighted by Crippen LogP contribution is -2.13. The van der Waals surface area contributed by atoms with Gasteiger partial charge in [-0.15, -0.1) is 0 Å². The average molecular weight is 302 g/mol. The maximum Gasteiger partial charge on any atom is 0.320 e. The van der Waals surface area contributed by atoms with Crippen LogP contribution in [0.4, 0.5) is 20.3 Å². The summed E-state index contributed by atoms with van der Waals surface area (Å²) in [6, 6.07) is 9.62. The van der Waals surface area contributed by atoms with Crippen LogP contribution in [-0.2, 0) is 6.42 Å². The van der Waals surface area contributed by atoms with Crippen LogP contribution in [0.1, 0.15) is 19.0 Å². The van der Waals surface area contributed by atoms with E-state index in [0.29, 0.717) is 16.9 Å². The number of anilines is 2. The summed E-state index contributed by atoms with van der Waals surface area (Å²) < 4.78 is 26.8. The zero-order valence-corrected chi connectivity index (χ0v) is 12.4. The fourth-order valence-electron chi connectivity index (χ4n) is 2.52. The molecular formula is C16H16F2N4. The third-order valence-corrected chi connectivity index (χ3v) is 3.73. The van der Waals surface area contributed by atoms with E-state index in [1.807, 2.05) is 36.2 Å². The third kappa shape index (κ3) is 2.41. The van der Waals surface area contributed by atoms with Crippen molar-refractivity contribution in [2.45, 2.75) is 19.9 Å². The first-order chi connectivity index (χ1) is 10.6. The number of nitrogens with zero attached hydrogens (tertiary/aromatic N) is 4. The van der Waals surface area contributed by atoms with Crippen LogP contribution in [0.3, 0.4) is 0 Å². The van der Waals surface area contributed by atoms with Crippen LogP contribution >= 0.6 is 0 Å². The van der Waals surface area contributed by atoms with Crippen molar-refractivity contribution in [2.75, 3.05) is 11.9 Å². The maximum absolute atomic E-state index is 13.0. The lowest BCUT2D eigenvalue weighted by atomic mass is 10.1. The van der Waals surface area contributed by atoms with Gasteiger partial charge in [0.1, 0.15) is 17.7 Å². The molecule has 3 aromatic rings. The Morgan fingerprint density at radius 2 is 2.00 bits per heavy atom. The molecule has 0 amide bonds. The molecule has 0 unspecified atom stereocenters. The number of hydrogen-bond donors (Lipinski definition) is 0. The highest BCUT2D eigenvalue weighted by molar-refractivity contribution is 5.79. The molecular weight excluding hydrogens is 286 g/mol. The Morgan fingerprint density at radius 3 is 2.73 bits per heavy atom. The lowest BCUT2D eigenvalue weighted by Gasteiger charge is -2.21. The summed E-state index contributed by atoms with van der Waals surface area (Å²) in [7, 11) is 1.88. The van der Waals surface area contributed by atoms with Gasteiger partial charge >= 0.3 is 6.55 Å². The van der Waals surface area contributed by atoms with Crippen LogP contribution < -0.4 is 4.90 Å². The van der Waals surface area contributed by atoms with Gasteiger partial charge in [0.05, 0.1) is 11.7 Å². The van der Waals surface area contributed by atoms with Crippen LogP contribution in [0.25, 0.3) is 11.0 Å². The second-order valence-electron chi connectivity index (χ2n) is 5.00. The molecule has 22 heavy (non-hydrogen) atoms. The molecule has 0 aliphatic rings. The van der Waals surface area contributed by atoms with E-state index >= 15 is 0 Å². The number of alkyl halides is 2. The highest BCUT2D eigenvalue weighted by Crippen LogP contribution is 2.28. The van der Waals surface area contributed by atoms with Gasteiger partial charge in [-0.3, -0.25) is 4.57 Å². The van der Waals surface area contributed by atoms with Crippen molar-refractivity contribution in [3.8, 4) is 0 Å². The molecule has 0 saturated heterocycles. The van der Waals surface area contributed by atoms with Crippen molar-refractivity contribution in [3.63, 3.8) is 0 Å². The monoisotopic (exact) mass is 302 g/mol. The summed E-state index contributed by atoms with van der Waals surface area (Å²) in [5.74, 6) is 0.607. The maximum atomic E-state index is 13.0. The molecule has 1 aromatic carbocycles. The van der Waals surface area contributed by atoms with Crippen molar-refractivity contribution < 1.29 is 8.78 Å². The van der Waals surface area contributed by atoms with Crippen LogP contribution in [-0.4, -0.2) is 21.6 Å². The van der Waals surface area contributed by atoms with E-state index in [0.717, 1.165) is 23.0 Å². The number of rotatable bonds is 4. The Morgan fingerprint density at radius 1 is 1.23 bits per heavy atom. The summed E-state index contributed by atoms with van der Waals surface area (Å²) >= 11 is 0. The number of hydrogen-bond acceptors (Lipinski definition) is 3. The average Bonchev–Trinajstić information content (AvgIpc) is 2.97. The topological polar surface area (TPSA) is 34.0 Å². The minimum Gasteiger partial charge on any atom is -0.329 e. The Bertz CT molecular complexity index is 798. The molecule has 0 radical (unpaired) electrons. The predicted octanol–water partition coefficient (Wildman–Crippen LogP) is 4.16. The highest BCUT2D eigenvalue weighted by Gasteiger charge is 2.14. The Balaban J connectivity index is 2.07. The summed E-state index contributed by atoms with van der Waals surface area (Å²) in [5.41, 5.74) is 3.02. The summed E-state index contributed by atoms with van der Waals surface area (Å²) in [5, 5.41) is 0. The molecule has 0 fully saturated rings. The lowest BCUT2D eigenvalue weighted by molar-refractivity contribution is 0.0746. The molecule has 0 atom stereocenters. The highest BCUT2D eigenvalue weighted by atomic mass is 19.3. The summed E-state index contributed by atoms with van der Waals surface area (Å²) in [6.45, 7) is -0.539. The van der Waals surface area contributed by atoms with Gasteiger partial charge in [0.25, 0.3) is 0 Å². The van der Waals surface area contributed by atoms with Crippen LogP contribution in [0.2, 0.25) is 0 Å². The van der Waals surface area contributed by atoms with Crippen molar-refractivity contribution in [3.05, 3.63) is 48.4 Å². The van der Waals surface area contributed by atoms with Gasteiger partial charge in [-0.05, 0) is 18.1 Å². The minimum atomic E-state index is -2.62. The first kappa shape index (κ1) is 14.4. The number of fused-ring (bicyclic) bond motifs is 1. The van der Waals surface area contributed by atoms with E-state index in [1.54, 1.807) is 6.07 Å². The molecule has 0 N–H and O–H groups in total. The fraction of sp³-hybridized carbons (Fsp3) is 0.250. The van der Waals surface area contributed by atoms with Crippen molar-refractivity contribution in [2.24, 2.45) is 0 Å². The second-order valence-corrected chi connectivity index (χ2v) is 5.00. The number of aromatic nitrogens is 3. The zero-order chi connectivity index (χ0) is 15.7. The standard InChI is InChI=1S/C16H16F2N4/c1-3-11-6-4-5-7-13(11)21(2)15-8-14-12(9-19-15)20-10-22(14)16(17)18/h4-10,16H,3H2,1-2H3.